The highest BCUT2D eigenvalue weighted by molar-refractivity contribution is 6.04. The lowest BCUT2D eigenvalue weighted by molar-refractivity contribution is 0.557. The van der Waals surface area contributed by atoms with Crippen LogP contribution in [0.4, 0.5) is 5.95 Å². The molecule has 3 heterocycles. The number of rotatable bonds is 4. The van der Waals surface area contributed by atoms with Crippen LogP contribution in [0, 0.1) is 6.92 Å². The van der Waals surface area contributed by atoms with Crippen LogP contribution >= 0.6 is 0 Å². The van der Waals surface area contributed by atoms with E-state index in [9.17, 15) is 0 Å². The Balaban J connectivity index is 1.57. The van der Waals surface area contributed by atoms with E-state index >= 15 is 0 Å². The molecule has 0 saturated carbocycles. The fourth-order valence-corrected chi connectivity index (χ4v) is 2.62. The standard InChI is InChI=1S/C18H16N6O/c1-11(9-13-6-4-8-25-13)10-19-23-18-21-17-16(22-24-18)14-7-3-5-12(2)15(14)20-17/h3-10H,1-2H3,(H2,20,21,23,24)/b11-9+,19-10+. The number of aromatic amines is 1. The minimum Gasteiger partial charge on any atom is -0.465 e. The van der Waals surface area contributed by atoms with Crippen molar-refractivity contribution >= 4 is 40.3 Å². The van der Waals surface area contributed by atoms with Crippen LogP contribution < -0.4 is 5.43 Å². The molecule has 7 heteroatoms. The molecule has 124 valence electrons. The Bertz CT molecular complexity index is 1090. The van der Waals surface area contributed by atoms with Gasteiger partial charge in [0, 0.05) is 5.39 Å². The molecule has 0 radical (unpaired) electrons. The average Bonchev–Trinajstić information content (AvgIpc) is 3.23. The van der Waals surface area contributed by atoms with E-state index in [1.165, 1.54) is 0 Å². The maximum Gasteiger partial charge on any atom is 0.265 e. The predicted octanol–water partition coefficient (Wildman–Crippen LogP) is 3.91. The molecular formula is C18H16N6O. The number of aromatic nitrogens is 4. The summed E-state index contributed by atoms with van der Waals surface area (Å²) in [5.74, 6) is 1.11. The average molecular weight is 332 g/mol. The molecule has 25 heavy (non-hydrogen) atoms. The molecule has 1 aromatic carbocycles. The fraction of sp³-hybridized carbons (Fsp3) is 0.111. The van der Waals surface area contributed by atoms with Crippen molar-refractivity contribution in [3.63, 3.8) is 0 Å². The first-order chi connectivity index (χ1) is 12.2. The molecule has 0 atom stereocenters. The first kappa shape index (κ1) is 15.1. The second kappa shape index (κ2) is 6.20. The lowest BCUT2D eigenvalue weighted by atomic mass is 10.1. The Morgan fingerprint density at radius 2 is 2.16 bits per heavy atom. The van der Waals surface area contributed by atoms with Gasteiger partial charge in [-0.05, 0) is 43.2 Å². The van der Waals surface area contributed by atoms with Crippen LogP contribution in [0.2, 0.25) is 0 Å². The van der Waals surface area contributed by atoms with Crippen LogP contribution in [0.15, 0.2) is 51.7 Å². The summed E-state index contributed by atoms with van der Waals surface area (Å²) in [7, 11) is 0. The number of nitrogens with zero attached hydrogens (tertiary/aromatic N) is 4. The summed E-state index contributed by atoms with van der Waals surface area (Å²) in [4.78, 5) is 7.72. The van der Waals surface area contributed by atoms with Crippen LogP contribution in [-0.2, 0) is 0 Å². The normalized spacial score (nSPS) is 12.5. The van der Waals surface area contributed by atoms with Gasteiger partial charge in [0.2, 0.25) is 0 Å². The molecule has 0 fully saturated rings. The van der Waals surface area contributed by atoms with Gasteiger partial charge in [0.1, 0.15) is 11.3 Å². The van der Waals surface area contributed by atoms with Crippen molar-refractivity contribution in [1.82, 2.24) is 20.2 Å². The lowest BCUT2D eigenvalue weighted by Gasteiger charge is -1.97. The van der Waals surface area contributed by atoms with Crippen molar-refractivity contribution in [2.45, 2.75) is 13.8 Å². The highest BCUT2D eigenvalue weighted by Crippen LogP contribution is 2.24. The van der Waals surface area contributed by atoms with Crippen molar-refractivity contribution in [1.29, 1.82) is 0 Å². The second-order valence-corrected chi connectivity index (χ2v) is 5.73. The molecule has 0 saturated heterocycles. The highest BCUT2D eigenvalue weighted by atomic mass is 16.3. The topological polar surface area (TPSA) is 92.0 Å². The second-order valence-electron chi connectivity index (χ2n) is 5.73. The Morgan fingerprint density at radius 1 is 1.24 bits per heavy atom. The molecule has 4 rings (SSSR count). The molecular weight excluding hydrogens is 316 g/mol. The zero-order valence-corrected chi connectivity index (χ0v) is 13.8. The zero-order valence-electron chi connectivity index (χ0n) is 13.8. The molecule has 0 aliphatic rings. The first-order valence-corrected chi connectivity index (χ1v) is 7.83. The maximum atomic E-state index is 5.26. The number of furan rings is 1. The molecule has 3 aromatic heterocycles. The van der Waals surface area contributed by atoms with Gasteiger partial charge in [0.05, 0.1) is 18.0 Å². The minimum atomic E-state index is 0.332. The Morgan fingerprint density at radius 3 is 3.00 bits per heavy atom. The Kier molecular flexibility index (Phi) is 3.74. The van der Waals surface area contributed by atoms with E-state index in [1.807, 2.05) is 50.3 Å². The van der Waals surface area contributed by atoms with Gasteiger partial charge in [-0.3, -0.25) is 0 Å². The Hall–Kier alpha value is -3.48. The summed E-state index contributed by atoms with van der Waals surface area (Å²) in [6, 6.07) is 9.76. The summed E-state index contributed by atoms with van der Waals surface area (Å²) < 4.78 is 5.26. The van der Waals surface area contributed by atoms with Crippen LogP contribution in [0.3, 0.4) is 0 Å². The minimum absolute atomic E-state index is 0.332. The lowest BCUT2D eigenvalue weighted by Crippen LogP contribution is -1.98. The number of para-hydroxylation sites is 1. The molecule has 0 unspecified atom stereocenters. The molecule has 0 aliphatic carbocycles. The third-order valence-corrected chi connectivity index (χ3v) is 3.80. The van der Waals surface area contributed by atoms with Crippen LogP contribution in [0.1, 0.15) is 18.2 Å². The van der Waals surface area contributed by atoms with E-state index < -0.39 is 0 Å². The van der Waals surface area contributed by atoms with Crippen LogP contribution in [0.5, 0.6) is 0 Å². The number of nitrogens with one attached hydrogen (secondary N) is 2. The SMILES string of the molecule is CC(/C=N/Nc1nnc2c(n1)[nH]c1c(C)cccc12)=C\c1ccco1. The van der Waals surface area contributed by atoms with Gasteiger partial charge < -0.3 is 9.40 Å². The summed E-state index contributed by atoms with van der Waals surface area (Å²) >= 11 is 0. The molecule has 4 aromatic rings. The van der Waals surface area contributed by atoms with E-state index in [0.29, 0.717) is 11.6 Å². The van der Waals surface area contributed by atoms with Gasteiger partial charge in [-0.15, -0.1) is 10.2 Å². The van der Waals surface area contributed by atoms with Gasteiger partial charge in [0.25, 0.3) is 5.95 Å². The highest BCUT2D eigenvalue weighted by Gasteiger charge is 2.09. The maximum absolute atomic E-state index is 5.26. The number of anilines is 1. The van der Waals surface area contributed by atoms with Crippen molar-refractivity contribution in [3.05, 3.63) is 53.5 Å². The van der Waals surface area contributed by atoms with E-state index in [1.54, 1.807) is 12.5 Å². The predicted molar refractivity (Wildman–Crippen MR) is 98.4 cm³/mol. The number of hydrogen-bond acceptors (Lipinski definition) is 6. The van der Waals surface area contributed by atoms with Gasteiger partial charge in [-0.2, -0.15) is 10.1 Å². The van der Waals surface area contributed by atoms with Gasteiger partial charge in [-0.1, -0.05) is 18.2 Å². The van der Waals surface area contributed by atoms with E-state index in [4.69, 9.17) is 4.42 Å². The molecule has 0 bridgehead atoms. The van der Waals surface area contributed by atoms with Crippen molar-refractivity contribution in [3.8, 4) is 0 Å². The number of hydrazone groups is 1. The molecule has 0 aliphatic heterocycles. The summed E-state index contributed by atoms with van der Waals surface area (Å²) in [6.45, 7) is 3.97. The van der Waals surface area contributed by atoms with E-state index in [2.05, 4.69) is 30.7 Å². The van der Waals surface area contributed by atoms with E-state index in [-0.39, 0.29) is 0 Å². The van der Waals surface area contributed by atoms with Gasteiger partial charge >= 0.3 is 0 Å². The van der Waals surface area contributed by atoms with Gasteiger partial charge in [0.15, 0.2) is 5.65 Å². The third kappa shape index (κ3) is 2.99. The molecule has 0 amide bonds. The number of allylic oxidation sites excluding steroid dienone is 1. The number of fused-ring (bicyclic) bond motifs is 3. The van der Waals surface area contributed by atoms with Crippen LogP contribution in [0.25, 0.3) is 28.1 Å². The molecule has 7 nitrogen and oxygen atoms in total. The molecule has 0 spiro atoms. The van der Waals surface area contributed by atoms with Crippen molar-refractivity contribution < 1.29 is 4.42 Å². The first-order valence-electron chi connectivity index (χ1n) is 7.83. The summed E-state index contributed by atoms with van der Waals surface area (Å²) in [6.07, 6.45) is 5.19. The van der Waals surface area contributed by atoms with E-state index in [0.717, 1.165) is 33.3 Å². The smallest absolute Gasteiger partial charge is 0.265 e. The number of benzene rings is 1. The number of hydrogen-bond donors (Lipinski definition) is 2. The van der Waals surface area contributed by atoms with Crippen molar-refractivity contribution in [2.24, 2.45) is 5.10 Å². The summed E-state index contributed by atoms with van der Waals surface area (Å²) in [5.41, 5.74) is 7.33. The Labute approximate surface area is 143 Å². The monoisotopic (exact) mass is 332 g/mol. The zero-order chi connectivity index (χ0) is 17.2. The summed E-state index contributed by atoms with van der Waals surface area (Å²) in [5, 5.41) is 13.5. The quantitative estimate of drug-likeness (QED) is 0.437. The molecule has 2 N–H and O–H groups in total. The van der Waals surface area contributed by atoms with Crippen LogP contribution in [-0.4, -0.2) is 26.4 Å². The number of aryl methyl sites for hydroxylation is 1. The number of H-pyrrole nitrogens is 1. The van der Waals surface area contributed by atoms with Gasteiger partial charge in [-0.25, -0.2) is 5.43 Å². The van der Waals surface area contributed by atoms with Crippen molar-refractivity contribution in [2.75, 3.05) is 5.43 Å². The third-order valence-electron chi connectivity index (χ3n) is 3.80. The largest absolute Gasteiger partial charge is 0.465 e. The fourth-order valence-electron chi connectivity index (χ4n) is 2.62.